The number of allylic oxidation sites excluding steroid dienone is 2. The molecule has 1 aliphatic heterocycles. The minimum Gasteiger partial charge on any atom is -0.454 e. The number of amides is 2. The van der Waals surface area contributed by atoms with Crippen molar-refractivity contribution in [3.63, 3.8) is 0 Å². The van der Waals surface area contributed by atoms with Crippen molar-refractivity contribution in [2.45, 2.75) is 6.42 Å². The molecule has 7 rings (SSSR count). The number of carbonyl (C=O) groups excluding carboxylic acids is 4. The third-order valence-corrected chi connectivity index (χ3v) is 7.76. The molecule has 0 unspecified atom stereocenters. The maximum Gasteiger partial charge on any atom is 0.338 e. The van der Waals surface area contributed by atoms with Gasteiger partial charge in [-0.1, -0.05) is 29.8 Å². The molecule has 5 aliphatic rings. The summed E-state index contributed by atoms with van der Waals surface area (Å²) < 4.78 is 5.18. The van der Waals surface area contributed by atoms with Crippen molar-refractivity contribution >= 4 is 40.9 Å². The molecule has 4 aliphatic carbocycles. The van der Waals surface area contributed by atoms with E-state index in [0.717, 1.165) is 6.42 Å². The summed E-state index contributed by atoms with van der Waals surface area (Å²) in [7, 11) is 0. The van der Waals surface area contributed by atoms with Crippen molar-refractivity contribution in [2.24, 2.45) is 35.5 Å². The van der Waals surface area contributed by atoms with Crippen molar-refractivity contribution in [1.82, 2.24) is 0 Å². The van der Waals surface area contributed by atoms with E-state index in [9.17, 15) is 19.2 Å². The number of benzene rings is 2. The maximum atomic E-state index is 13.3. The highest BCUT2D eigenvalue weighted by Gasteiger charge is 2.67. The van der Waals surface area contributed by atoms with Gasteiger partial charge in [0, 0.05) is 10.6 Å². The molecule has 2 aromatic rings. The number of hydrogen-bond donors (Lipinski definition) is 0. The molecule has 2 saturated carbocycles. The van der Waals surface area contributed by atoms with E-state index in [1.54, 1.807) is 36.4 Å². The fourth-order valence-electron chi connectivity index (χ4n) is 5.92. The number of esters is 1. The van der Waals surface area contributed by atoms with Gasteiger partial charge in [0.2, 0.25) is 11.8 Å². The molecule has 2 amide bonds. The van der Waals surface area contributed by atoms with Gasteiger partial charge in [0.15, 0.2) is 12.4 Å². The first-order valence-electron chi connectivity index (χ1n) is 11.1. The number of ketones is 1. The van der Waals surface area contributed by atoms with Crippen LogP contribution in [0.2, 0.25) is 5.02 Å². The van der Waals surface area contributed by atoms with Crippen LogP contribution in [0.1, 0.15) is 27.1 Å². The minimum atomic E-state index is -0.696. The average molecular weight is 462 g/mol. The Bertz CT molecular complexity index is 1200. The Balaban J connectivity index is 1.18. The first-order chi connectivity index (χ1) is 15.9. The van der Waals surface area contributed by atoms with Gasteiger partial charge in [-0.2, -0.15) is 0 Å². The van der Waals surface area contributed by atoms with Gasteiger partial charge in [-0.05, 0) is 72.6 Å². The van der Waals surface area contributed by atoms with Crippen LogP contribution >= 0.6 is 11.6 Å². The zero-order chi connectivity index (χ0) is 22.9. The molecule has 2 bridgehead atoms. The zero-order valence-corrected chi connectivity index (χ0v) is 18.3. The topological polar surface area (TPSA) is 80.8 Å². The van der Waals surface area contributed by atoms with Crippen molar-refractivity contribution in [3.8, 4) is 0 Å². The molecule has 1 heterocycles. The van der Waals surface area contributed by atoms with Gasteiger partial charge in [-0.15, -0.1) is 0 Å². The lowest BCUT2D eigenvalue weighted by atomic mass is 9.63. The van der Waals surface area contributed by atoms with Gasteiger partial charge in [0.05, 0.1) is 23.1 Å². The van der Waals surface area contributed by atoms with Crippen molar-refractivity contribution in [2.75, 3.05) is 11.5 Å². The van der Waals surface area contributed by atoms with Crippen LogP contribution < -0.4 is 4.90 Å². The number of halogens is 1. The molecule has 6 atom stereocenters. The summed E-state index contributed by atoms with van der Waals surface area (Å²) in [5.41, 5.74) is 0.930. The van der Waals surface area contributed by atoms with Crippen molar-refractivity contribution < 1.29 is 23.9 Å². The number of nitrogens with zero attached hydrogens (tertiary/aromatic N) is 1. The highest BCUT2D eigenvalue weighted by molar-refractivity contribution is 6.30. The summed E-state index contributed by atoms with van der Waals surface area (Å²) in [4.78, 5) is 52.7. The van der Waals surface area contributed by atoms with Crippen LogP contribution in [0, 0.1) is 35.5 Å². The van der Waals surface area contributed by atoms with Crippen LogP contribution in [0.4, 0.5) is 5.69 Å². The summed E-state index contributed by atoms with van der Waals surface area (Å²) in [5, 5.41) is 0.507. The van der Waals surface area contributed by atoms with E-state index >= 15 is 0 Å². The Kier molecular flexibility index (Phi) is 4.56. The van der Waals surface area contributed by atoms with Crippen LogP contribution in [0.5, 0.6) is 0 Å². The largest absolute Gasteiger partial charge is 0.454 e. The van der Waals surface area contributed by atoms with Crippen LogP contribution in [0.15, 0.2) is 60.7 Å². The summed E-state index contributed by atoms with van der Waals surface area (Å²) in [6.07, 6.45) is 5.35. The number of ether oxygens (including phenoxy) is 1. The average Bonchev–Trinajstić information content (AvgIpc) is 3.61. The predicted molar refractivity (Wildman–Crippen MR) is 120 cm³/mol. The van der Waals surface area contributed by atoms with Crippen LogP contribution in [0.3, 0.4) is 0 Å². The SMILES string of the molecule is O=C(COC(=O)c1cccc(N2C(=O)[C@@H]3[C@H]4C=C[C@@H]([C@@H]5C[C@H]45)[C@H]3C2=O)c1)c1ccc(Cl)cc1. The number of imide groups is 1. The van der Waals surface area contributed by atoms with Gasteiger partial charge in [0.1, 0.15) is 0 Å². The summed E-state index contributed by atoms with van der Waals surface area (Å²) in [6.45, 7) is -0.422. The minimum absolute atomic E-state index is 0.137. The molecule has 2 aromatic carbocycles. The normalized spacial score (nSPS) is 30.8. The van der Waals surface area contributed by atoms with E-state index in [1.165, 1.54) is 17.0 Å². The number of rotatable bonds is 5. The highest BCUT2D eigenvalue weighted by atomic mass is 35.5. The molecule has 0 spiro atoms. The lowest BCUT2D eigenvalue weighted by molar-refractivity contribution is -0.124. The Morgan fingerprint density at radius 1 is 0.909 bits per heavy atom. The van der Waals surface area contributed by atoms with Gasteiger partial charge >= 0.3 is 5.97 Å². The predicted octanol–water partition coefficient (Wildman–Crippen LogP) is 3.94. The second-order valence-electron chi connectivity index (χ2n) is 9.22. The Labute approximate surface area is 195 Å². The molecule has 6 nitrogen and oxygen atoms in total. The number of Topliss-reactive ketones (excluding diaryl/α,β-unsaturated/α-hetero) is 1. The lowest BCUT2D eigenvalue weighted by Gasteiger charge is -2.37. The van der Waals surface area contributed by atoms with Gasteiger partial charge in [-0.3, -0.25) is 14.4 Å². The molecular weight excluding hydrogens is 442 g/mol. The Morgan fingerprint density at radius 3 is 2.18 bits per heavy atom. The van der Waals surface area contributed by atoms with Crippen LogP contribution in [-0.4, -0.2) is 30.2 Å². The lowest BCUT2D eigenvalue weighted by Crippen LogP contribution is -2.40. The Morgan fingerprint density at radius 2 is 1.55 bits per heavy atom. The van der Waals surface area contributed by atoms with E-state index in [0.29, 0.717) is 28.1 Å². The van der Waals surface area contributed by atoms with E-state index < -0.39 is 12.6 Å². The molecule has 0 radical (unpaired) electrons. The molecule has 0 N–H and O–H groups in total. The molecule has 7 heteroatoms. The summed E-state index contributed by atoms with van der Waals surface area (Å²) in [5.74, 6) is -0.693. The van der Waals surface area contributed by atoms with Crippen molar-refractivity contribution in [1.29, 1.82) is 0 Å². The van der Waals surface area contributed by atoms with Crippen LogP contribution in [-0.2, 0) is 14.3 Å². The monoisotopic (exact) mass is 461 g/mol. The highest BCUT2D eigenvalue weighted by Crippen LogP contribution is 2.65. The molecule has 1 saturated heterocycles. The van der Waals surface area contributed by atoms with Gasteiger partial charge in [-0.25, -0.2) is 9.69 Å². The van der Waals surface area contributed by atoms with E-state index in [-0.39, 0.29) is 46.8 Å². The smallest absolute Gasteiger partial charge is 0.338 e. The second kappa shape index (κ2) is 7.39. The third kappa shape index (κ3) is 3.16. The molecule has 166 valence electrons. The van der Waals surface area contributed by atoms with Gasteiger partial charge in [0.25, 0.3) is 0 Å². The molecule has 3 fully saturated rings. The third-order valence-electron chi connectivity index (χ3n) is 7.50. The Hall–Kier alpha value is -3.25. The molecule has 0 aromatic heterocycles. The maximum absolute atomic E-state index is 13.3. The van der Waals surface area contributed by atoms with Crippen molar-refractivity contribution in [3.05, 3.63) is 76.8 Å². The quantitative estimate of drug-likeness (QED) is 0.291. The van der Waals surface area contributed by atoms with E-state index in [2.05, 4.69) is 12.2 Å². The fourth-order valence-corrected chi connectivity index (χ4v) is 6.04. The summed E-state index contributed by atoms with van der Waals surface area (Å²) in [6, 6.07) is 12.6. The number of carbonyl (C=O) groups is 4. The molecular formula is C26H20ClNO5. The number of hydrogen-bond acceptors (Lipinski definition) is 5. The van der Waals surface area contributed by atoms with Gasteiger partial charge < -0.3 is 4.74 Å². The zero-order valence-electron chi connectivity index (χ0n) is 17.5. The standard InChI is InChI=1S/C26H20ClNO5/c27-15-6-4-13(5-7-15)21(29)12-33-26(32)14-2-1-3-16(10-14)28-24(30)22-17-8-9-18(20-11-19(17)20)23(22)25(28)31/h1-10,17-20,22-23H,11-12H2/t17-,18-,19-,20+,22+,23+/m0/s1. The first-order valence-corrected chi connectivity index (χ1v) is 11.4. The molecule has 33 heavy (non-hydrogen) atoms. The second-order valence-corrected chi connectivity index (χ2v) is 9.66. The summed E-state index contributed by atoms with van der Waals surface area (Å²) >= 11 is 5.83. The number of anilines is 1. The van der Waals surface area contributed by atoms with E-state index in [1.807, 2.05) is 0 Å². The van der Waals surface area contributed by atoms with Crippen LogP contribution in [0.25, 0.3) is 0 Å². The fraction of sp³-hybridized carbons (Fsp3) is 0.308. The first kappa shape index (κ1) is 20.4. The van der Waals surface area contributed by atoms with E-state index in [4.69, 9.17) is 16.3 Å².